The number of halogens is 1. The van der Waals surface area contributed by atoms with E-state index in [4.69, 9.17) is 4.74 Å². The van der Waals surface area contributed by atoms with Crippen LogP contribution in [0.2, 0.25) is 13.1 Å². The normalized spacial score (nSPS) is 24.4. The molecular weight excluding hydrogens is 493 g/mol. The number of aliphatic hydroxyl groups is 1. The zero-order valence-corrected chi connectivity index (χ0v) is 21.9. The average Bonchev–Trinajstić information content (AvgIpc) is 3.16. The first-order valence-corrected chi connectivity index (χ1v) is 15.4. The lowest BCUT2D eigenvalue weighted by Gasteiger charge is -2.37. The van der Waals surface area contributed by atoms with Crippen molar-refractivity contribution in [1.29, 1.82) is 0 Å². The Morgan fingerprint density at radius 2 is 1.70 bits per heavy atom. The monoisotopic (exact) mass is 523 g/mol. The second kappa shape index (κ2) is 9.51. The molecule has 1 fully saturated rings. The topological polar surface area (TPSA) is 113 Å². The summed E-state index contributed by atoms with van der Waals surface area (Å²) in [5.74, 6) is -0.814. The van der Waals surface area contributed by atoms with Crippen molar-refractivity contribution < 1.29 is 19.0 Å². The van der Waals surface area contributed by atoms with E-state index in [1.54, 1.807) is 6.92 Å². The highest BCUT2D eigenvalue weighted by molar-refractivity contribution is 7.01. The Bertz CT molecular complexity index is 1420. The van der Waals surface area contributed by atoms with Crippen LogP contribution in [0.5, 0.6) is 0 Å². The molecule has 2 aromatic carbocycles. The Balaban J connectivity index is 1.39. The summed E-state index contributed by atoms with van der Waals surface area (Å²) in [4.78, 5) is 40.0. The lowest BCUT2D eigenvalue weighted by Crippen LogP contribution is -2.60. The van der Waals surface area contributed by atoms with Gasteiger partial charge in [-0.1, -0.05) is 78.9 Å². The summed E-state index contributed by atoms with van der Waals surface area (Å²) < 4.78 is 21.7. The summed E-state index contributed by atoms with van der Waals surface area (Å²) >= 11 is 0. The fourth-order valence-corrected chi connectivity index (χ4v) is 8.81. The third kappa shape index (κ3) is 4.18. The van der Waals surface area contributed by atoms with Crippen molar-refractivity contribution in [3.05, 3.63) is 92.3 Å². The number of rotatable bonds is 5. The van der Waals surface area contributed by atoms with Crippen molar-refractivity contribution in [2.45, 2.75) is 57.0 Å². The van der Waals surface area contributed by atoms with Gasteiger partial charge in [-0.3, -0.25) is 19.1 Å². The van der Waals surface area contributed by atoms with Gasteiger partial charge in [0, 0.05) is 18.3 Å². The maximum absolute atomic E-state index is 15.1. The predicted octanol–water partition coefficient (Wildman–Crippen LogP) is 0.780. The fraction of sp³-hybridized carbons (Fsp3) is 0.370. The molecule has 1 saturated heterocycles. The van der Waals surface area contributed by atoms with E-state index in [0.717, 1.165) is 15.7 Å². The van der Waals surface area contributed by atoms with Gasteiger partial charge in [0.05, 0.1) is 5.92 Å². The van der Waals surface area contributed by atoms with E-state index >= 15 is 4.39 Å². The number of hydrogen-bond acceptors (Lipinski definition) is 5. The van der Waals surface area contributed by atoms with Gasteiger partial charge in [0.1, 0.15) is 20.3 Å². The summed E-state index contributed by atoms with van der Waals surface area (Å²) in [5, 5.41) is 15.8. The summed E-state index contributed by atoms with van der Waals surface area (Å²) in [6, 6.07) is 16.0. The minimum atomic E-state index is -2.00. The van der Waals surface area contributed by atoms with Crippen molar-refractivity contribution in [3.8, 4) is 0 Å². The number of carbonyl (C=O) groups excluding carboxylic acids is 1. The number of carbonyl (C=O) groups is 1. The Kier molecular flexibility index (Phi) is 6.51. The molecule has 3 aromatic rings. The number of aliphatic hydroxyl groups excluding tert-OH is 1. The van der Waals surface area contributed by atoms with Crippen molar-refractivity contribution in [2.75, 3.05) is 6.54 Å². The lowest BCUT2D eigenvalue weighted by atomic mass is 9.89. The number of aryl methyl sites for hydroxylation is 1. The SMILES string of the molecule is CCc1cn([C@@H]2O[C@H](CNC(=O)C3c4ccccc4[Si](C)(C)c4ccccc43)[C@@H](O)[C@H]2F)c(=O)[nH]c1=O. The second-order valence-electron chi connectivity index (χ2n) is 10.2. The Morgan fingerprint density at radius 3 is 2.30 bits per heavy atom. The first-order chi connectivity index (χ1) is 17.6. The first kappa shape index (κ1) is 25.3. The largest absolute Gasteiger partial charge is 0.387 e. The number of amides is 1. The first-order valence-electron chi connectivity index (χ1n) is 12.4. The third-order valence-electron chi connectivity index (χ3n) is 7.62. The van der Waals surface area contributed by atoms with Crippen LogP contribution < -0.4 is 26.9 Å². The summed E-state index contributed by atoms with van der Waals surface area (Å²) in [7, 11) is -2.00. The number of ether oxygens (including phenoxy) is 1. The number of H-pyrrole nitrogens is 1. The van der Waals surface area contributed by atoms with Crippen LogP contribution in [0.25, 0.3) is 0 Å². The van der Waals surface area contributed by atoms with Gasteiger partial charge in [0.25, 0.3) is 5.56 Å². The number of benzene rings is 2. The van der Waals surface area contributed by atoms with Crippen molar-refractivity contribution in [1.82, 2.24) is 14.9 Å². The number of fused-ring (bicyclic) bond motifs is 2. The van der Waals surface area contributed by atoms with Crippen LogP contribution in [0.3, 0.4) is 0 Å². The molecule has 10 heteroatoms. The molecule has 8 nitrogen and oxygen atoms in total. The van der Waals surface area contributed by atoms with Crippen molar-refractivity contribution in [2.24, 2.45) is 0 Å². The Hall–Kier alpha value is -3.34. The molecule has 37 heavy (non-hydrogen) atoms. The van der Waals surface area contributed by atoms with Crippen molar-refractivity contribution in [3.63, 3.8) is 0 Å². The van der Waals surface area contributed by atoms with Gasteiger partial charge in [-0.05, 0) is 17.5 Å². The summed E-state index contributed by atoms with van der Waals surface area (Å²) in [6.07, 6.45) is -4.38. The summed E-state index contributed by atoms with van der Waals surface area (Å²) in [6.45, 7) is 6.13. The number of aromatic nitrogens is 2. The van der Waals surface area contributed by atoms with Crippen LogP contribution in [0.1, 0.15) is 35.8 Å². The number of nitrogens with zero attached hydrogens (tertiary/aromatic N) is 1. The quantitative estimate of drug-likeness (QED) is 0.428. The molecule has 3 heterocycles. The molecule has 2 aliphatic heterocycles. The zero-order valence-electron chi connectivity index (χ0n) is 20.9. The highest BCUT2D eigenvalue weighted by Gasteiger charge is 2.46. The van der Waals surface area contributed by atoms with Crippen LogP contribution in [0, 0.1) is 0 Å². The smallest absolute Gasteiger partial charge is 0.330 e. The summed E-state index contributed by atoms with van der Waals surface area (Å²) in [5.41, 5.74) is 0.838. The van der Waals surface area contributed by atoms with E-state index in [-0.39, 0.29) is 12.5 Å². The molecule has 2 aliphatic rings. The number of hydrogen-bond donors (Lipinski definition) is 3. The van der Waals surface area contributed by atoms with Gasteiger partial charge in [0.2, 0.25) is 5.91 Å². The average molecular weight is 524 g/mol. The van der Waals surface area contributed by atoms with Crippen LogP contribution in [-0.4, -0.2) is 53.6 Å². The van der Waals surface area contributed by atoms with E-state index in [9.17, 15) is 19.5 Å². The number of alkyl halides is 1. The molecule has 194 valence electrons. The molecule has 1 aromatic heterocycles. The van der Waals surface area contributed by atoms with E-state index in [0.29, 0.717) is 12.0 Å². The highest BCUT2D eigenvalue weighted by atomic mass is 28.3. The van der Waals surface area contributed by atoms with Crippen LogP contribution in [0.4, 0.5) is 4.39 Å². The molecule has 0 aliphatic carbocycles. The van der Waals surface area contributed by atoms with Gasteiger partial charge < -0.3 is 15.2 Å². The minimum Gasteiger partial charge on any atom is -0.387 e. The molecule has 1 amide bonds. The third-order valence-corrected chi connectivity index (χ3v) is 11.2. The molecule has 0 radical (unpaired) electrons. The molecule has 0 unspecified atom stereocenters. The maximum atomic E-state index is 15.1. The molecule has 0 bridgehead atoms. The maximum Gasteiger partial charge on any atom is 0.330 e. The van der Waals surface area contributed by atoms with Crippen LogP contribution >= 0.6 is 0 Å². The molecule has 3 N–H and O–H groups in total. The lowest BCUT2D eigenvalue weighted by molar-refractivity contribution is -0.122. The van der Waals surface area contributed by atoms with Gasteiger partial charge in [-0.15, -0.1) is 0 Å². The van der Waals surface area contributed by atoms with Crippen molar-refractivity contribution >= 4 is 24.4 Å². The van der Waals surface area contributed by atoms with E-state index in [1.165, 1.54) is 16.6 Å². The molecule has 4 atom stereocenters. The van der Waals surface area contributed by atoms with E-state index < -0.39 is 49.8 Å². The van der Waals surface area contributed by atoms with Gasteiger partial charge in [0.15, 0.2) is 12.4 Å². The van der Waals surface area contributed by atoms with E-state index in [2.05, 4.69) is 35.5 Å². The van der Waals surface area contributed by atoms with Crippen LogP contribution in [0.15, 0.2) is 64.3 Å². The molecule has 0 saturated carbocycles. The number of nitrogens with one attached hydrogen (secondary N) is 2. The predicted molar refractivity (Wildman–Crippen MR) is 140 cm³/mol. The number of aromatic amines is 1. The second-order valence-corrected chi connectivity index (χ2v) is 14.5. The fourth-order valence-electron chi connectivity index (χ4n) is 5.60. The van der Waals surface area contributed by atoms with Crippen LogP contribution in [-0.2, 0) is 16.0 Å². The van der Waals surface area contributed by atoms with Gasteiger partial charge >= 0.3 is 5.69 Å². The highest BCUT2D eigenvalue weighted by Crippen LogP contribution is 2.32. The van der Waals surface area contributed by atoms with E-state index in [1.807, 2.05) is 36.4 Å². The molecular formula is C27H30FN3O5Si. The Labute approximate surface area is 214 Å². The Morgan fingerprint density at radius 1 is 1.11 bits per heavy atom. The zero-order chi connectivity index (χ0) is 26.5. The minimum absolute atomic E-state index is 0.142. The van der Waals surface area contributed by atoms with Gasteiger partial charge in [-0.25, -0.2) is 9.18 Å². The molecule has 5 rings (SSSR count). The molecule has 0 spiro atoms. The standard InChI is InChI=1S/C27H30FN3O5Si/c1-4-15-14-31(27(35)30-24(15)33)26-22(28)23(32)18(36-26)13-29-25(34)21-16-9-5-7-11-19(16)37(2,3)20-12-8-6-10-17(20)21/h5-12,14,18,21-23,26,32H,4,13H2,1-3H3,(H,29,34)(H,30,33,35)/t18-,22-,23-,26-/m1/s1. The van der Waals surface area contributed by atoms with Gasteiger partial charge in [-0.2, -0.15) is 0 Å².